The van der Waals surface area contributed by atoms with Crippen LogP contribution >= 0.6 is 0 Å². The number of nitrogens with zero attached hydrogens (tertiary/aromatic N) is 2. The van der Waals surface area contributed by atoms with Gasteiger partial charge in [-0.25, -0.2) is 4.39 Å². The third-order valence-corrected chi connectivity index (χ3v) is 3.17. The first kappa shape index (κ1) is 15.5. The van der Waals surface area contributed by atoms with Crippen molar-refractivity contribution in [2.75, 3.05) is 0 Å². The minimum absolute atomic E-state index is 0.192. The van der Waals surface area contributed by atoms with Crippen molar-refractivity contribution in [1.82, 2.24) is 9.78 Å². The fourth-order valence-electron chi connectivity index (χ4n) is 2.17. The van der Waals surface area contributed by atoms with E-state index >= 15 is 0 Å². The second-order valence-electron chi connectivity index (χ2n) is 4.66. The number of benzene rings is 1. The molecule has 0 aliphatic carbocycles. The van der Waals surface area contributed by atoms with Gasteiger partial charge in [0.05, 0.1) is 17.3 Å². The molecule has 0 aliphatic rings. The van der Waals surface area contributed by atoms with Gasteiger partial charge in [-0.1, -0.05) is 19.1 Å². The first-order valence-electron chi connectivity index (χ1n) is 6.49. The molecule has 7 heteroatoms. The number of rotatable bonds is 4. The first-order chi connectivity index (χ1) is 9.86. The minimum atomic E-state index is -4.75. The molecule has 3 nitrogen and oxygen atoms in total. The molecule has 2 rings (SSSR count). The normalized spacial score (nSPS) is 13.4. The zero-order chi connectivity index (χ0) is 15.6. The van der Waals surface area contributed by atoms with E-state index in [1.54, 1.807) is 10.7 Å². The average Bonchev–Trinajstić information content (AvgIpc) is 2.85. The van der Waals surface area contributed by atoms with Gasteiger partial charge >= 0.3 is 6.18 Å². The molecule has 0 amide bonds. The van der Waals surface area contributed by atoms with Crippen molar-refractivity contribution in [2.24, 2.45) is 5.73 Å². The number of nitrogens with two attached hydrogens (primary N) is 1. The maximum Gasteiger partial charge on any atom is 0.419 e. The van der Waals surface area contributed by atoms with Crippen LogP contribution in [0.15, 0.2) is 30.5 Å². The summed E-state index contributed by atoms with van der Waals surface area (Å²) in [7, 11) is 0. The van der Waals surface area contributed by atoms with E-state index in [1.165, 1.54) is 12.3 Å². The van der Waals surface area contributed by atoms with Crippen LogP contribution in [0.25, 0.3) is 0 Å². The Hall–Kier alpha value is -1.89. The molecule has 1 aromatic carbocycles. The fourth-order valence-corrected chi connectivity index (χ4v) is 2.17. The summed E-state index contributed by atoms with van der Waals surface area (Å²) in [6.07, 6.45) is -2.47. The Morgan fingerprint density at radius 3 is 2.62 bits per heavy atom. The van der Waals surface area contributed by atoms with Crippen molar-refractivity contribution in [3.8, 4) is 0 Å². The summed E-state index contributed by atoms with van der Waals surface area (Å²) in [6.45, 7) is 2.50. The topological polar surface area (TPSA) is 43.8 Å². The highest BCUT2D eigenvalue weighted by molar-refractivity contribution is 5.34. The molecule has 0 spiro atoms. The van der Waals surface area contributed by atoms with Crippen LogP contribution < -0.4 is 5.73 Å². The first-order valence-corrected chi connectivity index (χ1v) is 6.49. The van der Waals surface area contributed by atoms with Crippen LogP contribution in [-0.4, -0.2) is 9.78 Å². The minimum Gasteiger partial charge on any atom is -0.319 e. The van der Waals surface area contributed by atoms with Crippen molar-refractivity contribution in [3.05, 3.63) is 53.1 Å². The standard InChI is InChI=1S/C14H15F4N3/c1-2-8-21-11(6-7-20-21)13(19)9-4-3-5-10(12(9)15)14(16,17)18/h3-7,13H,2,8,19H2,1H3. The second-order valence-corrected chi connectivity index (χ2v) is 4.66. The molecule has 21 heavy (non-hydrogen) atoms. The Labute approximate surface area is 119 Å². The largest absolute Gasteiger partial charge is 0.419 e. The SMILES string of the molecule is CCCn1nccc1C(N)c1cccc(C(F)(F)F)c1F. The van der Waals surface area contributed by atoms with Crippen molar-refractivity contribution in [1.29, 1.82) is 0 Å². The Balaban J connectivity index is 2.44. The highest BCUT2D eigenvalue weighted by Gasteiger charge is 2.35. The molecule has 1 atom stereocenters. The third-order valence-electron chi connectivity index (χ3n) is 3.17. The predicted octanol–water partition coefficient (Wildman–Crippen LogP) is 3.50. The van der Waals surface area contributed by atoms with Crippen molar-refractivity contribution in [3.63, 3.8) is 0 Å². The molecule has 0 radical (unpaired) electrons. The predicted molar refractivity (Wildman–Crippen MR) is 70.0 cm³/mol. The van der Waals surface area contributed by atoms with E-state index < -0.39 is 23.6 Å². The number of alkyl halides is 3. The van der Waals surface area contributed by atoms with Crippen LogP contribution in [0.4, 0.5) is 17.6 Å². The smallest absolute Gasteiger partial charge is 0.319 e. The van der Waals surface area contributed by atoms with Crippen LogP contribution in [0, 0.1) is 5.82 Å². The van der Waals surface area contributed by atoms with Gasteiger partial charge < -0.3 is 5.73 Å². The third kappa shape index (κ3) is 3.07. The molecular formula is C14H15F4N3. The van der Waals surface area contributed by atoms with Gasteiger partial charge in [-0.2, -0.15) is 18.3 Å². The monoisotopic (exact) mass is 301 g/mol. The van der Waals surface area contributed by atoms with E-state index in [2.05, 4.69) is 5.10 Å². The molecule has 0 aliphatic heterocycles. The molecule has 1 heterocycles. The zero-order valence-corrected chi connectivity index (χ0v) is 11.4. The maximum atomic E-state index is 14.1. The Morgan fingerprint density at radius 1 is 1.29 bits per heavy atom. The van der Waals surface area contributed by atoms with E-state index in [1.807, 2.05) is 6.92 Å². The number of hydrogen-bond donors (Lipinski definition) is 1. The quantitative estimate of drug-likeness (QED) is 0.878. The van der Waals surface area contributed by atoms with Gasteiger partial charge in [0, 0.05) is 18.3 Å². The van der Waals surface area contributed by atoms with Gasteiger partial charge in [-0.3, -0.25) is 4.68 Å². The highest BCUT2D eigenvalue weighted by atomic mass is 19.4. The van der Waals surface area contributed by atoms with E-state index in [-0.39, 0.29) is 5.56 Å². The number of hydrogen-bond acceptors (Lipinski definition) is 2. The summed E-state index contributed by atoms with van der Waals surface area (Å²) >= 11 is 0. The Bertz CT molecular complexity index is 619. The lowest BCUT2D eigenvalue weighted by Gasteiger charge is -2.17. The summed E-state index contributed by atoms with van der Waals surface area (Å²) in [4.78, 5) is 0. The number of halogens is 4. The van der Waals surface area contributed by atoms with Crippen LogP contribution in [0.1, 0.15) is 36.2 Å². The van der Waals surface area contributed by atoms with Gasteiger partial charge in [0.1, 0.15) is 5.82 Å². The van der Waals surface area contributed by atoms with Crippen molar-refractivity contribution < 1.29 is 17.6 Å². The van der Waals surface area contributed by atoms with Gasteiger partial charge in [0.15, 0.2) is 0 Å². The van der Waals surface area contributed by atoms with Crippen LogP contribution in [-0.2, 0) is 12.7 Å². The Morgan fingerprint density at radius 2 is 2.00 bits per heavy atom. The Kier molecular flexibility index (Phi) is 4.32. The van der Waals surface area contributed by atoms with Gasteiger partial charge in [0.25, 0.3) is 0 Å². The van der Waals surface area contributed by atoms with E-state index in [9.17, 15) is 17.6 Å². The second kappa shape index (κ2) is 5.85. The molecular weight excluding hydrogens is 286 g/mol. The lowest BCUT2D eigenvalue weighted by atomic mass is 10.0. The van der Waals surface area contributed by atoms with Crippen molar-refractivity contribution in [2.45, 2.75) is 32.1 Å². The van der Waals surface area contributed by atoms with E-state index in [0.29, 0.717) is 18.3 Å². The molecule has 114 valence electrons. The maximum absolute atomic E-state index is 14.1. The molecule has 0 saturated heterocycles. The molecule has 1 unspecified atom stereocenters. The van der Waals surface area contributed by atoms with Gasteiger partial charge in [0.2, 0.25) is 0 Å². The highest BCUT2D eigenvalue weighted by Crippen LogP contribution is 2.34. The lowest BCUT2D eigenvalue weighted by Crippen LogP contribution is -2.20. The molecule has 0 bridgehead atoms. The molecule has 2 aromatic rings. The molecule has 1 aromatic heterocycles. The average molecular weight is 301 g/mol. The zero-order valence-electron chi connectivity index (χ0n) is 11.4. The van der Waals surface area contributed by atoms with Crippen molar-refractivity contribution >= 4 is 0 Å². The van der Waals surface area contributed by atoms with E-state index in [4.69, 9.17) is 5.73 Å². The molecule has 2 N–H and O–H groups in total. The van der Waals surface area contributed by atoms with Crippen LogP contribution in [0.2, 0.25) is 0 Å². The summed E-state index contributed by atoms with van der Waals surface area (Å²) in [5.41, 5.74) is 4.92. The summed E-state index contributed by atoms with van der Waals surface area (Å²) < 4.78 is 53.9. The summed E-state index contributed by atoms with van der Waals surface area (Å²) in [5, 5.41) is 4.05. The van der Waals surface area contributed by atoms with Crippen LogP contribution in [0.3, 0.4) is 0 Å². The summed E-state index contributed by atoms with van der Waals surface area (Å²) in [6, 6.07) is 3.70. The van der Waals surface area contributed by atoms with Crippen LogP contribution in [0.5, 0.6) is 0 Å². The summed E-state index contributed by atoms with van der Waals surface area (Å²) in [5.74, 6) is -1.33. The number of aromatic nitrogens is 2. The van der Waals surface area contributed by atoms with Gasteiger partial charge in [-0.15, -0.1) is 0 Å². The van der Waals surface area contributed by atoms with Gasteiger partial charge in [-0.05, 0) is 18.6 Å². The molecule has 0 fully saturated rings. The molecule has 0 saturated carbocycles. The number of aryl methyl sites for hydroxylation is 1. The lowest BCUT2D eigenvalue weighted by molar-refractivity contribution is -0.140. The fraction of sp³-hybridized carbons (Fsp3) is 0.357. The van der Waals surface area contributed by atoms with E-state index in [0.717, 1.165) is 12.5 Å².